The van der Waals surface area contributed by atoms with Crippen molar-refractivity contribution in [1.82, 2.24) is 40.4 Å². The van der Waals surface area contributed by atoms with Crippen molar-refractivity contribution < 1.29 is 29.0 Å². The number of nitrogens with zero attached hydrogens (tertiary/aromatic N) is 4. The Labute approximate surface area is 329 Å². The van der Waals surface area contributed by atoms with Gasteiger partial charge in [0.05, 0.1) is 42.1 Å². The van der Waals surface area contributed by atoms with Crippen LogP contribution >= 0.6 is 0 Å². The second-order valence-corrected chi connectivity index (χ2v) is 17.0. The lowest BCUT2D eigenvalue weighted by Crippen LogP contribution is -2.52. The summed E-state index contributed by atoms with van der Waals surface area (Å²) >= 11 is 0. The van der Waals surface area contributed by atoms with Crippen molar-refractivity contribution in [3.63, 3.8) is 0 Å². The highest BCUT2D eigenvalue weighted by molar-refractivity contribution is 5.92. The van der Waals surface area contributed by atoms with E-state index in [0.29, 0.717) is 11.8 Å². The molecular weight excluding hydrogens is 725 g/mol. The van der Waals surface area contributed by atoms with Gasteiger partial charge in [0.2, 0.25) is 11.8 Å². The topological polar surface area (TPSA) is 186 Å². The molecule has 0 radical (unpaired) electrons. The summed E-state index contributed by atoms with van der Waals surface area (Å²) < 4.78 is 4.80. The molecular formula is C43H48N8O6. The van der Waals surface area contributed by atoms with Crippen LogP contribution < -0.4 is 10.6 Å². The van der Waals surface area contributed by atoms with Crippen LogP contribution in [-0.4, -0.2) is 90.1 Å². The van der Waals surface area contributed by atoms with Crippen LogP contribution in [0.25, 0.3) is 44.2 Å². The molecule has 2 aliphatic heterocycles. The number of carbonyl (C=O) groups is 4. The van der Waals surface area contributed by atoms with Crippen LogP contribution in [0.3, 0.4) is 0 Å². The van der Waals surface area contributed by atoms with E-state index in [-0.39, 0.29) is 47.8 Å². The zero-order valence-corrected chi connectivity index (χ0v) is 32.7. The zero-order chi connectivity index (χ0) is 39.9. The van der Waals surface area contributed by atoms with E-state index in [1.165, 1.54) is 7.11 Å². The molecule has 0 spiro atoms. The highest BCUT2D eigenvalue weighted by Crippen LogP contribution is 2.54. The molecule has 4 amide bonds. The number of nitrogens with one attached hydrogen (secondary N) is 4. The molecule has 14 heteroatoms. The molecule has 2 saturated carbocycles. The van der Waals surface area contributed by atoms with E-state index in [2.05, 4.69) is 69.1 Å². The van der Waals surface area contributed by atoms with Gasteiger partial charge in [-0.15, -0.1) is 0 Å². The van der Waals surface area contributed by atoms with Crippen LogP contribution in [0.5, 0.6) is 0 Å². The van der Waals surface area contributed by atoms with Gasteiger partial charge in [-0.1, -0.05) is 58.0 Å². The molecule has 5 N–H and O–H groups in total. The molecule has 8 atom stereocenters. The lowest BCUT2D eigenvalue weighted by Gasteiger charge is -2.31. The van der Waals surface area contributed by atoms with E-state index in [1.54, 1.807) is 0 Å². The smallest absolute Gasteiger partial charge is 0.407 e. The van der Waals surface area contributed by atoms with E-state index in [1.807, 2.05) is 49.8 Å². The SMILES string of the molecule is COC(=O)NC(C(=O)N1[C@@H]2C[C@@H]2C[C@H]1c1ncc(-c2ccc3cc(-c4ccc5nc([C@@H]6C[C@H]7C[C@H]7N6C(=O)C(NC(=O)O)C(C)C)[nH]c5c4)ccc3c2)[nH]1)C(C)C. The van der Waals surface area contributed by atoms with Crippen molar-refractivity contribution in [3.05, 3.63) is 72.4 Å². The molecule has 57 heavy (non-hydrogen) atoms. The Balaban J connectivity index is 0.926. The molecule has 2 unspecified atom stereocenters. The third-order valence-electron chi connectivity index (χ3n) is 12.5. The maximum atomic E-state index is 13.8. The van der Waals surface area contributed by atoms with E-state index >= 15 is 0 Å². The number of ether oxygens (including phenoxy) is 1. The number of H-pyrrole nitrogens is 2. The lowest BCUT2D eigenvalue weighted by molar-refractivity contribution is -0.137. The number of benzene rings is 3. The van der Waals surface area contributed by atoms with Gasteiger partial charge in [-0.05, 0) is 95.5 Å². The predicted octanol–water partition coefficient (Wildman–Crippen LogP) is 6.77. The minimum Gasteiger partial charge on any atom is -0.465 e. The van der Waals surface area contributed by atoms with E-state index < -0.39 is 24.3 Å². The third kappa shape index (κ3) is 6.64. The highest BCUT2D eigenvalue weighted by atomic mass is 16.5. The van der Waals surface area contributed by atoms with Gasteiger partial charge in [0.1, 0.15) is 23.7 Å². The molecule has 3 aromatic carbocycles. The van der Waals surface area contributed by atoms with Crippen LogP contribution in [0.15, 0.2) is 60.8 Å². The minimum atomic E-state index is -1.20. The maximum absolute atomic E-state index is 13.8. The Kier molecular flexibility index (Phi) is 8.97. The number of rotatable bonds is 10. The number of imidazole rings is 2. The number of amides is 4. The van der Waals surface area contributed by atoms with Gasteiger partial charge >= 0.3 is 12.2 Å². The van der Waals surface area contributed by atoms with Gasteiger partial charge in [-0.25, -0.2) is 19.6 Å². The monoisotopic (exact) mass is 772 g/mol. The van der Waals surface area contributed by atoms with Gasteiger partial charge in [0.15, 0.2) is 0 Å². The van der Waals surface area contributed by atoms with Crippen molar-refractivity contribution in [3.8, 4) is 22.4 Å². The number of aromatic amines is 2. The molecule has 2 aliphatic carbocycles. The fourth-order valence-corrected chi connectivity index (χ4v) is 9.31. The molecule has 4 fully saturated rings. The number of alkyl carbamates (subject to hydrolysis) is 1. The number of fused-ring (bicyclic) bond motifs is 4. The molecule has 0 bridgehead atoms. The van der Waals surface area contributed by atoms with E-state index in [0.717, 1.165) is 81.5 Å². The van der Waals surface area contributed by atoms with Crippen LogP contribution in [-0.2, 0) is 14.3 Å². The summed E-state index contributed by atoms with van der Waals surface area (Å²) in [4.78, 5) is 71.6. The summed E-state index contributed by atoms with van der Waals surface area (Å²) in [6.07, 6.45) is 3.57. The second kappa shape index (κ2) is 13.9. The first-order chi connectivity index (χ1) is 27.4. The van der Waals surface area contributed by atoms with Crippen molar-refractivity contribution in [2.24, 2.45) is 23.7 Å². The first kappa shape index (κ1) is 36.7. The Bertz CT molecular complexity index is 2420. The average Bonchev–Trinajstić information content (AvgIpc) is 3.82. The largest absolute Gasteiger partial charge is 0.465 e. The Morgan fingerprint density at radius 2 is 1.30 bits per heavy atom. The Hall–Kier alpha value is -5.92. The first-order valence-electron chi connectivity index (χ1n) is 20.0. The standard InChI is InChI=1S/C43H48N8O6/c1-20(2)36(48-42(54)55)40(52)51-33-16-28(33)18-35(51)39-45-29-11-10-25(14-30(29)46-39)23-6-7-24-13-26(9-8-22(24)12-23)31-19-44-38(47-31)34-17-27-15-32(27)50(34)41(53)37(21(3)4)49-43(56)57-5/h6-14,19-21,27-28,32-37,48H,15-18H2,1-5H3,(H,44,47)(H,45,46)(H,49,56)(H,54,55)/t27-,28-,32-,33-,34+,35+,36?,37?/m1/s1. The maximum Gasteiger partial charge on any atom is 0.407 e. The van der Waals surface area contributed by atoms with Crippen molar-refractivity contribution in [2.75, 3.05) is 7.11 Å². The fraction of sp³-hybridized carbons (Fsp3) is 0.442. The van der Waals surface area contributed by atoms with Gasteiger partial charge in [-0.2, -0.15) is 0 Å². The summed E-state index contributed by atoms with van der Waals surface area (Å²) in [6.45, 7) is 7.55. The zero-order valence-electron chi connectivity index (χ0n) is 32.7. The number of hydrogen-bond acceptors (Lipinski definition) is 7. The molecule has 5 aromatic rings. The highest BCUT2D eigenvalue weighted by Gasteiger charge is 2.57. The molecule has 14 nitrogen and oxygen atoms in total. The predicted molar refractivity (Wildman–Crippen MR) is 213 cm³/mol. The summed E-state index contributed by atoms with van der Waals surface area (Å²) in [6, 6.07) is 17.2. The van der Waals surface area contributed by atoms with E-state index in [4.69, 9.17) is 14.7 Å². The van der Waals surface area contributed by atoms with Crippen LogP contribution in [0.4, 0.5) is 9.59 Å². The van der Waals surface area contributed by atoms with Crippen LogP contribution in [0.2, 0.25) is 0 Å². The van der Waals surface area contributed by atoms with Crippen LogP contribution in [0.1, 0.15) is 77.1 Å². The summed E-state index contributed by atoms with van der Waals surface area (Å²) in [5, 5.41) is 16.7. The number of piperidine rings is 2. The van der Waals surface area contributed by atoms with Gasteiger partial charge in [-0.3, -0.25) is 9.59 Å². The number of aromatic nitrogens is 4. The van der Waals surface area contributed by atoms with Gasteiger partial charge in [0.25, 0.3) is 0 Å². The third-order valence-corrected chi connectivity index (χ3v) is 12.5. The molecule has 9 rings (SSSR count). The van der Waals surface area contributed by atoms with Crippen molar-refractivity contribution in [1.29, 1.82) is 0 Å². The molecule has 2 saturated heterocycles. The number of hydrogen-bond donors (Lipinski definition) is 5. The van der Waals surface area contributed by atoms with Crippen LogP contribution in [0, 0.1) is 23.7 Å². The fourth-order valence-electron chi connectivity index (χ4n) is 9.31. The number of likely N-dealkylation sites (tertiary alicyclic amines) is 2. The van der Waals surface area contributed by atoms with Gasteiger partial charge in [0, 0.05) is 17.6 Å². The molecule has 4 aliphatic rings. The summed E-state index contributed by atoms with van der Waals surface area (Å²) in [7, 11) is 1.30. The van der Waals surface area contributed by atoms with Crippen molar-refractivity contribution in [2.45, 2.75) is 89.6 Å². The van der Waals surface area contributed by atoms with Gasteiger partial charge < -0.3 is 40.2 Å². The summed E-state index contributed by atoms with van der Waals surface area (Å²) in [5.41, 5.74) is 5.64. The molecule has 2 aromatic heterocycles. The minimum absolute atomic E-state index is 0.103. The normalized spacial score (nSPS) is 24.4. The number of methoxy groups -OCH3 is 1. The first-order valence-corrected chi connectivity index (χ1v) is 20.0. The molecule has 296 valence electrons. The Morgan fingerprint density at radius 3 is 1.91 bits per heavy atom. The Morgan fingerprint density at radius 1 is 0.737 bits per heavy atom. The lowest BCUT2D eigenvalue weighted by atomic mass is 9.99. The number of carbonyl (C=O) groups excluding carboxylic acids is 3. The molecule has 4 heterocycles. The van der Waals surface area contributed by atoms with E-state index in [9.17, 15) is 24.3 Å². The summed E-state index contributed by atoms with van der Waals surface area (Å²) in [5.74, 6) is 1.75. The quantitative estimate of drug-likeness (QED) is 0.103. The number of carboxylic acid groups (broad SMARTS) is 1. The van der Waals surface area contributed by atoms with Crippen molar-refractivity contribution >= 4 is 45.8 Å². The second-order valence-electron chi connectivity index (χ2n) is 17.0. The average molecular weight is 773 g/mol.